The van der Waals surface area contributed by atoms with Crippen molar-refractivity contribution in [3.63, 3.8) is 0 Å². The van der Waals surface area contributed by atoms with E-state index in [1.54, 1.807) is 23.5 Å². The summed E-state index contributed by atoms with van der Waals surface area (Å²) in [7, 11) is 0. The third kappa shape index (κ3) is 3.09. The van der Waals surface area contributed by atoms with Gasteiger partial charge in [-0.05, 0) is 47.7 Å². The number of halogens is 2. The van der Waals surface area contributed by atoms with Crippen LogP contribution in [0.1, 0.15) is 16.5 Å². The van der Waals surface area contributed by atoms with Gasteiger partial charge in [0.15, 0.2) is 0 Å². The number of hydrogen-bond donors (Lipinski definition) is 2. The van der Waals surface area contributed by atoms with Crippen LogP contribution in [0, 0.1) is 5.82 Å². The Hall–Kier alpha value is -1.46. The van der Waals surface area contributed by atoms with Crippen LogP contribution in [-0.2, 0) is 6.42 Å². The second kappa shape index (κ2) is 6.12. The van der Waals surface area contributed by atoms with Gasteiger partial charge >= 0.3 is 0 Å². The highest BCUT2D eigenvalue weighted by Gasteiger charge is 2.15. The molecule has 0 bridgehead atoms. The van der Waals surface area contributed by atoms with E-state index in [0.717, 1.165) is 25.5 Å². The molecule has 0 aliphatic rings. The van der Waals surface area contributed by atoms with Crippen LogP contribution in [0.3, 0.4) is 0 Å². The van der Waals surface area contributed by atoms with Crippen molar-refractivity contribution in [1.29, 1.82) is 0 Å². The molecule has 5 heteroatoms. The predicted octanol–water partition coefficient (Wildman–Crippen LogP) is 4.44. The second-order valence-electron chi connectivity index (χ2n) is 4.85. The first-order chi connectivity index (χ1) is 10.2. The summed E-state index contributed by atoms with van der Waals surface area (Å²) in [5.74, 6) is 5.47. The van der Waals surface area contributed by atoms with E-state index in [1.165, 1.54) is 6.07 Å². The van der Waals surface area contributed by atoms with Crippen LogP contribution in [-0.4, -0.2) is 0 Å². The minimum absolute atomic E-state index is 0.0506. The van der Waals surface area contributed by atoms with Crippen molar-refractivity contribution in [2.24, 2.45) is 5.84 Å². The van der Waals surface area contributed by atoms with Crippen LogP contribution in [0.25, 0.3) is 10.1 Å². The van der Waals surface area contributed by atoms with Gasteiger partial charge in [0.2, 0.25) is 0 Å². The first-order valence-corrected chi connectivity index (χ1v) is 7.75. The molecule has 0 aliphatic carbocycles. The van der Waals surface area contributed by atoms with Crippen LogP contribution < -0.4 is 11.3 Å². The quantitative estimate of drug-likeness (QED) is 0.551. The molecule has 0 saturated carbocycles. The van der Waals surface area contributed by atoms with Crippen molar-refractivity contribution < 1.29 is 4.39 Å². The fourth-order valence-electron chi connectivity index (χ4n) is 2.33. The molecular weight excluding hydrogens is 307 g/mol. The van der Waals surface area contributed by atoms with Crippen molar-refractivity contribution >= 4 is 33.0 Å². The van der Waals surface area contributed by atoms with Gasteiger partial charge in [0.25, 0.3) is 0 Å². The van der Waals surface area contributed by atoms with Crippen LogP contribution in [0.4, 0.5) is 4.39 Å². The maximum Gasteiger partial charge on any atom is 0.123 e. The maximum atomic E-state index is 13.3. The van der Waals surface area contributed by atoms with Crippen LogP contribution in [0.15, 0.2) is 48.5 Å². The lowest BCUT2D eigenvalue weighted by molar-refractivity contribution is 0.561. The Morgan fingerprint density at radius 2 is 2.00 bits per heavy atom. The number of rotatable bonds is 4. The van der Waals surface area contributed by atoms with E-state index >= 15 is 0 Å². The van der Waals surface area contributed by atoms with Gasteiger partial charge in [0.1, 0.15) is 5.82 Å². The fraction of sp³-hybridized carbons (Fsp3) is 0.125. The van der Waals surface area contributed by atoms with Crippen molar-refractivity contribution in [1.82, 2.24) is 5.43 Å². The zero-order valence-electron chi connectivity index (χ0n) is 11.1. The number of hydrazine groups is 1. The van der Waals surface area contributed by atoms with Crippen LogP contribution in [0.2, 0.25) is 5.02 Å². The Kier molecular flexibility index (Phi) is 4.22. The normalized spacial score (nSPS) is 12.7. The van der Waals surface area contributed by atoms with E-state index in [4.69, 9.17) is 17.4 Å². The van der Waals surface area contributed by atoms with Gasteiger partial charge in [-0.2, -0.15) is 0 Å². The molecule has 2 aromatic carbocycles. The average molecular weight is 321 g/mol. The van der Waals surface area contributed by atoms with Gasteiger partial charge in [-0.3, -0.25) is 11.3 Å². The monoisotopic (exact) mass is 320 g/mol. The first-order valence-electron chi connectivity index (χ1n) is 6.56. The fourth-order valence-corrected chi connectivity index (χ4v) is 3.65. The minimum atomic E-state index is -0.227. The van der Waals surface area contributed by atoms with Gasteiger partial charge in [0, 0.05) is 14.6 Å². The molecule has 1 aromatic heterocycles. The molecule has 2 nitrogen and oxygen atoms in total. The zero-order valence-corrected chi connectivity index (χ0v) is 12.7. The van der Waals surface area contributed by atoms with Crippen molar-refractivity contribution in [3.8, 4) is 0 Å². The lowest BCUT2D eigenvalue weighted by Gasteiger charge is -2.15. The highest BCUT2D eigenvalue weighted by molar-refractivity contribution is 7.19. The molecule has 0 amide bonds. The minimum Gasteiger partial charge on any atom is -0.271 e. The number of hydrogen-bond acceptors (Lipinski definition) is 3. The standard InChI is InChI=1S/C16H14ClFN2S/c17-13-4-2-1-3-10(13)8-14(20-19)16-9-11-7-12(18)5-6-15(11)21-16/h1-7,9,14,20H,8,19H2. The van der Waals surface area contributed by atoms with E-state index in [1.807, 2.05) is 30.3 Å². The molecule has 0 spiro atoms. The summed E-state index contributed by atoms with van der Waals surface area (Å²) in [6.45, 7) is 0. The summed E-state index contributed by atoms with van der Waals surface area (Å²) < 4.78 is 14.3. The lowest BCUT2D eigenvalue weighted by atomic mass is 10.0. The number of nitrogens with two attached hydrogens (primary N) is 1. The molecule has 3 aromatic rings. The van der Waals surface area contributed by atoms with Crippen molar-refractivity contribution in [2.45, 2.75) is 12.5 Å². The lowest BCUT2D eigenvalue weighted by Crippen LogP contribution is -2.29. The summed E-state index contributed by atoms with van der Waals surface area (Å²) >= 11 is 7.81. The van der Waals surface area contributed by atoms with Gasteiger partial charge in [-0.1, -0.05) is 29.8 Å². The van der Waals surface area contributed by atoms with E-state index < -0.39 is 0 Å². The Balaban J connectivity index is 1.93. The summed E-state index contributed by atoms with van der Waals surface area (Å²) in [4.78, 5) is 1.07. The molecule has 1 unspecified atom stereocenters. The van der Waals surface area contributed by atoms with Crippen molar-refractivity contribution in [3.05, 3.63) is 69.8 Å². The first kappa shape index (κ1) is 14.5. The number of fused-ring (bicyclic) bond motifs is 1. The molecule has 0 fully saturated rings. The largest absolute Gasteiger partial charge is 0.271 e. The molecule has 0 aliphatic heterocycles. The SMILES string of the molecule is NNC(Cc1ccccc1Cl)c1cc2cc(F)ccc2s1. The topological polar surface area (TPSA) is 38.0 Å². The molecule has 108 valence electrons. The number of benzene rings is 2. The van der Waals surface area contributed by atoms with Gasteiger partial charge in [0.05, 0.1) is 6.04 Å². The van der Waals surface area contributed by atoms with Gasteiger partial charge in [-0.15, -0.1) is 11.3 Å². The van der Waals surface area contributed by atoms with Gasteiger partial charge in [-0.25, -0.2) is 4.39 Å². The molecular formula is C16H14ClFN2S. The van der Waals surface area contributed by atoms with Crippen LogP contribution in [0.5, 0.6) is 0 Å². The van der Waals surface area contributed by atoms with E-state index in [9.17, 15) is 4.39 Å². The number of nitrogens with one attached hydrogen (secondary N) is 1. The van der Waals surface area contributed by atoms with E-state index in [0.29, 0.717) is 6.42 Å². The average Bonchev–Trinajstić information content (AvgIpc) is 2.89. The third-order valence-corrected chi connectivity index (χ3v) is 5.02. The number of thiophene rings is 1. The smallest absolute Gasteiger partial charge is 0.123 e. The molecule has 0 radical (unpaired) electrons. The van der Waals surface area contributed by atoms with Crippen molar-refractivity contribution in [2.75, 3.05) is 0 Å². The molecule has 3 rings (SSSR count). The second-order valence-corrected chi connectivity index (χ2v) is 6.37. The summed E-state index contributed by atoms with van der Waals surface area (Å²) in [5, 5.41) is 1.62. The Bertz CT molecular complexity index is 772. The van der Waals surface area contributed by atoms with E-state index in [2.05, 4.69) is 5.43 Å². The molecule has 3 N–H and O–H groups in total. The third-order valence-electron chi connectivity index (χ3n) is 3.42. The molecule has 1 heterocycles. The Labute approximate surface area is 131 Å². The summed E-state index contributed by atoms with van der Waals surface area (Å²) in [6, 6.07) is 14.4. The zero-order chi connectivity index (χ0) is 14.8. The van der Waals surface area contributed by atoms with E-state index in [-0.39, 0.29) is 11.9 Å². The summed E-state index contributed by atoms with van der Waals surface area (Å²) in [5.41, 5.74) is 3.86. The highest BCUT2D eigenvalue weighted by Crippen LogP contribution is 2.32. The molecule has 21 heavy (non-hydrogen) atoms. The summed E-state index contributed by atoms with van der Waals surface area (Å²) in [6.07, 6.45) is 0.686. The Morgan fingerprint density at radius 1 is 1.19 bits per heavy atom. The maximum absolute atomic E-state index is 13.3. The Morgan fingerprint density at radius 3 is 2.76 bits per heavy atom. The highest BCUT2D eigenvalue weighted by atomic mass is 35.5. The molecule has 1 atom stereocenters. The predicted molar refractivity (Wildman–Crippen MR) is 87.0 cm³/mol. The van der Waals surface area contributed by atoms with Crippen LogP contribution >= 0.6 is 22.9 Å². The van der Waals surface area contributed by atoms with Gasteiger partial charge < -0.3 is 0 Å². The molecule has 0 saturated heterocycles.